The predicted octanol–water partition coefficient (Wildman–Crippen LogP) is 1.88. The molecule has 1 unspecified atom stereocenters. The summed E-state index contributed by atoms with van der Waals surface area (Å²) in [5, 5.41) is 17.2. The summed E-state index contributed by atoms with van der Waals surface area (Å²) < 4.78 is 0. The summed E-state index contributed by atoms with van der Waals surface area (Å²) in [5.41, 5.74) is 0.653. The third-order valence-electron chi connectivity index (χ3n) is 4.17. The van der Waals surface area contributed by atoms with Crippen LogP contribution >= 0.6 is 23.1 Å². The lowest BCUT2D eigenvalue weighted by molar-refractivity contribution is 0.0635. The van der Waals surface area contributed by atoms with Crippen LogP contribution in [0, 0.1) is 6.92 Å². The highest BCUT2D eigenvalue weighted by atomic mass is 32.2. The molecule has 1 atom stereocenters. The number of thiazole rings is 1. The molecule has 1 aromatic rings. The lowest BCUT2D eigenvalue weighted by Gasteiger charge is -2.34. The lowest BCUT2D eigenvalue weighted by Crippen LogP contribution is -2.48. The van der Waals surface area contributed by atoms with Crippen LogP contribution in [0.15, 0.2) is 5.38 Å². The van der Waals surface area contributed by atoms with Crippen LogP contribution < -0.4 is 10.2 Å². The molecule has 0 radical (unpaired) electrons. The zero-order valence-corrected chi connectivity index (χ0v) is 13.6. The number of hydrogen-bond acceptors (Lipinski definition) is 6. The quantitative estimate of drug-likeness (QED) is 0.889. The molecule has 2 N–H and O–H groups in total. The van der Waals surface area contributed by atoms with Gasteiger partial charge in [-0.2, -0.15) is 11.8 Å². The van der Waals surface area contributed by atoms with Crippen LogP contribution in [-0.2, 0) is 0 Å². The van der Waals surface area contributed by atoms with Gasteiger partial charge in [-0.25, -0.2) is 4.98 Å². The van der Waals surface area contributed by atoms with Crippen LogP contribution in [0.25, 0.3) is 0 Å². The van der Waals surface area contributed by atoms with E-state index in [-0.39, 0.29) is 0 Å². The van der Waals surface area contributed by atoms with Crippen LogP contribution in [0.4, 0.5) is 5.13 Å². The molecular weight excluding hydrogens is 290 g/mol. The van der Waals surface area contributed by atoms with Crippen LogP contribution in [-0.4, -0.2) is 52.9 Å². The van der Waals surface area contributed by atoms with E-state index in [1.807, 2.05) is 11.8 Å². The van der Waals surface area contributed by atoms with E-state index in [0.717, 1.165) is 61.2 Å². The number of aromatic nitrogens is 1. The van der Waals surface area contributed by atoms with Gasteiger partial charge >= 0.3 is 0 Å². The number of thioether (sulfide) groups is 1. The molecule has 3 heterocycles. The third kappa shape index (κ3) is 3.47. The number of anilines is 1. The highest BCUT2D eigenvalue weighted by Crippen LogP contribution is 2.28. The Kier molecular flexibility index (Phi) is 4.55. The van der Waals surface area contributed by atoms with Gasteiger partial charge in [0.05, 0.1) is 11.3 Å². The molecule has 4 nitrogen and oxygen atoms in total. The zero-order valence-electron chi connectivity index (χ0n) is 12.0. The van der Waals surface area contributed by atoms with Crippen molar-refractivity contribution in [2.45, 2.75) is 37.8 Å². The Morgan fingerprint density at radius 3 is 2.90 bits per heavy atom. The van der Waals surface area contributed by atoms with Crippen LogP contribution in [0.5, 0.6) is 0 Å². The van der Waals surface area contributed by atoms with Gasteiger partial charge < -0.3 is 15.3 Å². The minimum absolute atomic E-state index is 0.464. The summed E-state index contributed by atoms with van der Waals surface area (Å²) in [6, 6.07) is 0.543. The molecule has 0 aliphatic carbocycles. The van der Waals surface area contributed by atoms with E-state index in [9.17, 15) is 5.11 Å². The first-order chi connectivity index (χ1) is 9.65. The van der Waals surface area contributed by atoms with Crippen LogP contribution in [0.3, 0.4) is 0 Å². The highest BCUT2D eigenvalue weighted by Gasteiger charge is 2.32. The van der Waals surface area contributed by atoms with Crippen molar-refractivity contribution in [2.75, 3.05) is 36.0 Å². The van der Waals surface area contributed by atoms with Gasteiger partial charge in [0.25, 0.3) is 0 Å². The van der Waals surface area contributed by atoms with Crippen molar-refractivity contribution in [2.24, 2.45) is 0 Å². The van der Waals surface area contributed by atoms with E-state index < -0.39 is 5.60 Å². The molecule has 3 rings (SSSR count). The number of aliphatic hydroxyl groups is 1. The minimum Gasteiger partial charge on any atom is -0.388 e. The predicted molar refractivity (Wildman–Crippen MR) is 87.0 cm³/mol. The van der Waals surface area contributed by atoms with E-state index in [2.05, 4.69) is 27.5 Å². The number of aryl methyl sites for hydroxylation is 1. The highest BCUT2D eigenvalue weighted by molar-refractivity contribution is 7.99. The topological polar surface area (TPSA) is 48.4 Å². The SMILES string of the molecule is Cc1csc(N2CCC(NCC3(O)CCSC3)CC2)n1. The molecule has 2 saturated heterocycles. The Balaban J connectivity index is 1.44. The van der Waals surface area contributed by atoms with Crippen molar-refractivity contribution in [3.63, 3.8) is 0 Å². The van der Waals surface area contributed by atoms with E-state index in [1.165, 1.54) is 0 Å². The standard InChI is InChI=1S/C14H23N3OS2/c1-11-8-20-13(16-11)17-5-2-12(3-6-17)15-9-14(18)4-7-19-10-14/h8,12,15,18H,2-7,9-10H2,1H3. The molecule has 0 amide bonds. The lowest BCUT2D eigenvalue weighted by atomic mass is 10.0. The molecule has 20 heavy (non-hydrogen) atoms. The van der Waals surface area contributed by atoms with Gasteiger partial charge in [0.15, 0.2) is 5.13 Å². The average Bonchev–Trinajstić information content (AvgIpc) is 3.07. The monoisotopic (exact) mass is 313 g/mol. The smallest absolute Gasteiger partial charge is 0.185 e. The van der Waals surface area contributed by atoms with E-state index in [0.29, 0.717) is 6.04 Å². The molecule has 0 spiro atoms. The second-order valence-electron chi connectivity index (χ2n) is 5.94. The van der Waals surface area contributed by atoms with Gasteiger partial charge in [0, 0.05) is 36.8 Å². The summed E-state index contributed by atoms with van der Waals surface area (Å²) in [4.78, 5) is 6.95. The van der Waals surface area contributed by atoms with E-state index in [1.54, 1.807) is 11.3 Å². The second kappa shape index (κ2) is 6.22. The molecule has 112 valence electrons. The van der Waals surface area contributed by atoms with Crippen molar-refractivity contribution in [3.8, 4) is 0 Å². The van der Waals surface area contributed by atoms with Gasteiger partial charge in [-0.05, 0) is 31.9 Å². The number of rotatable bonds is 4. The fraction of sp³-hybridized carbons (Fsp3) is 0.786. The first-order valence-corrected chi connectivity index (χ1v) is 9.39. The van der Waals surface area contributed by atoms with E-state index in [4.69, 9.17) is 0 Å². The fourth-order valence-corrected chi connectivity index (χ4v) is 4.98. The summed E-state index contributed by atoms with van der Waals surface area (Å²) >= 11 is 3.60. The molecule has 6 heteroatoms. The third-order valence-corrected chi connectivity index (χ3v) is 6.43. The maximum Gasteiger partial charge on any atom is 0.185 e. The molecule has 2 aliphatic rings. The first kappa shape index (κ1) is 14.6. The summed E-state index contributed by atoms with van der Waals surface area (Å²) in [7, 11) is 0. The zero-order chi connectivity index (χ0) is 14.0. The Bertz CT molecular complexity index is 437. The first-order valence-electron chi connectivity index (χ1n) is 7.35. The Morgan fingerprint density at radius 2 is 2.30 bits per heavy atom. The molecule has 1 aromatic heterocycles. The Labute approximate surface area is 129 Å². The van der Waals surface area contributed by atoms with Gasteiger partial charge in [-0.3, -0.25) is 0 Å². The van der Waals surface area contributed by atoms with Gasteiger partial charge in [-0.1, -0.05) is 0 Å². The molecule has 0 saturated carbocycles. The second-order valence-corrected chi connectivity index (χ2v) is 7.88. The summed E-state index contributed by atoms with van der Waals surface area (Å²) in [5.74, 6) is 1.98. The number of nitrogens with zero attached hydrogens (tertiary/aromatic N) is 2. The Morgan fingerprint density at radius 1 is 1.50 bits per heavy atom. The van der Waals surface area contributed by atoms with Crippen LogP contribution in [0.1, 0.15) is 25.0 Å². The average molecular weight is 313 g/mol. The largest absolute Gasteiger partial charge is 0.388 e. The van der Waals surface area contributed by atoms with Crippen LogP contribution in [0.2, 0.25) is 0 Å². The maximum atomic E-state index is 10.4. The number of nitrogens with one attached hydrogen (secondary N) is 1. The molecule has 0 aromatic carbocycles. The van der Waals surface area contributed by atoms with Gasteiger partial charge in [0.2, 0.25) is 0 Å². The van der Waals surface area contributed by atoms with Crippen molar-refractivity contribution in [1.29, 1.82) is 0 Å². The van der Waals surface area contributed by atoms with Gasteiger partial charge in [0.1, 0.15) is 0 Å². The summed E-state index contributed by atoms with van der Waals surface area (Å²) in [6.07, 6.45) is 3.21. The van der Waals surface area contributed by atoms with Gasteiger partial charge in [-0.15, -0.1) is 11.3 Å². The van der Waals surface area contributed by atoms with Crippen molar-refractivity contribution in [3.05, 3.63) is 11.1 Å². The fourth-order valence-electron chi connectivity index (χ4n) is 2.83. The number of hydrogen-bond donors (Lipinski definition) is 2. The minimum atomic E-state index is -0.464. The molecule has 0 bridgehead atoms. The molecular formula is C14H23N3OS2. The van der Waals surface area contributed by atoms with Crippen molar-refractivity contribution < 1.29 is 5.11 Å². The van der Waals surface area contributed by atoms with Crippen molar-refractivity contribution >= 4 is 28.2 Å². The summed E-state index contributed by atoms with van der Waals surface area (Å²) in [6.45, 7) is 4.94. The molecule has 2 aliphatic heterocycles. The molecule has 2 fully saturated rings. The Hall–Kier alpha value is -0.300. The van der Waals surface area contributed by atoms with E-state index >= 15 is 0 Å². The normalized spacial score (nSPS) is 28.2. The number of piperidine rings is 1. The maximum absolute atomic E-state index is 10.4. The van der Waals surface area contributed by atoms with Crippen molar-refractivity contribution in [1.82, 2.24) is 10.3 Å².